The minimum Gasteiger partial charge on any atom is -0.289 e. The van der Waals surface area contributed by atoms with Crippen molar-refractivity contribution < 1.29 is 14.1 Å². The molecule has 8 nitrogen and oxygen atoms in total. The highest BCUT2D eigenvalue weighted by molar-refractivity contribution is 7.15. The maximum atomic E-state index is 13.1. The van der Waals surface area contributed by atoms with Crippen LogP contribution in [0.1, 0.15) is 10.4 Å². The molecule has 134 valence electrons. The lowest BCUT2D eigenvalue weighted by molar-refractivity contribution is -0.384. The van der Waals surface area contributed by atoms with Gasteiger partial charge in [-0.25, -0.2) is 8.91 Å². The van der Waals surface area contributed by atoms with Crippen molar-refractivity contribution in [2.24, 2.45) is 0 Å². The molecule has 0 atom stereocenters. The molecule has 0 aliphatic carbocycles. The largest absolute Gasteiger partial charge is 0.289 e. The van der Waals surface area contributed by atoms with E-state index in [0.717, 1.165) is 11.3 Å². The van der Waals surface area contributed by atoms with Gasteiger partial charge in [0.1, 0.15) is 5.82 Å². The summed E-state index contributed by atoms with van der Waals surface area (Å²) in [7, 11) is 0. The Balaban J connectivity index is 1.58. The van der Waals surface area contributed by atoms with Gasteiger partial charge in [0, 0.05) is 28.6 Å². The van der Waals surface area contributed by atoms with E-state index in [1.54, 1.807) is 16.6 Å². The van der Waals surface area contributed by atoms with Gasteiger partial charge in [0.2, 0.25) is 4.96 Å². The lowest BCUT2D eigenvalue weighted by Gasteiger charge is -2.01. The first-order chi connectivity index (χ1) is 13.0. The summed E-state index contributed by atoms with van der Waals surface area (Å²) in [5, 5.41) is 19.3. The van der Waals surface area contributed by atoms with E-state index >= 15 is 0 Å². The second-order valence-corrected chi connectivity index (χ2v) is 6.35. The monoisotopic (exact) mass is 383 g/mol. The number of anilines is 1. The highest BCUT2D eigenvalue weighted by Gasteiger charge is 2.15. The third-order valence-electron chi connectivity index (χ3n) is 3.79. The van der Waals surface area contributed by atoms with Crippen molar-refractivity contribution in [3.63, 3.8) is 0 Å². The normalized spacial score (nSPS) is 10.9. The molecule has 1 N–H and O–H groups in total. The van der Waals surface area contributed by atoms with Gasteiger partial charge in [-0.05, 0) is 36.4 Å². The van der Waals surface area contributed by atoms with E-state index in [0.29, 0.717) is 4.96 Å². The van der Waals surface area contributed by atoms with E-state index < -0.39 is 10.8 Å². The molecular weight excluding hydrogens is 373 g/mol. The Morgan fingerprint density at radius 3 is 2.52 bits per heavy atom. The van der Waals surface area contributed by atoms with Crippen LogP contribution in [-0.2, 0) is 0 Å². The van der Waals surface area contributed by atoms with Crippen molar-refractivity contribution in [1.29, 1.82) is 0 Å². The molecule has 0 saturated heterocycles. The standard InChI is InChI=1S/C17H10FN5O3S/c18-12-5-1-10(2-6-12)14-9-27-17-20-16(21-22(14)17)19-15(24)11-3-7-13(8-4-11)23(25)26/h1-9H,(H,19,21,24). The predicted molar refractivity (Wildman–Crippen MR) is 97.3 cm³/mol. The van der Waals surface area contributed by atoms with E-state index in [4.69, 9.17) is 0 Å². The molecule has 2 heterocycles. The van der Waals surface area contributed by atoms with Crippen LogP contribution in [0.3, 0.4) is 0 Å². The predicted octanol–water partition coefficient (Wildman–Crippen LogP) is 3.76. The summed E-state index contributed by atoms with van der Waals surface area (Å²) in [6, 6.07) is 11.2. The molecule has 0 saturated carbocycles. The zero-order chi connectivity index (χ0) is 19.0. The number of carbonyl (C=O) groups excluding carboxylic acids is 1. The third-order valence-corrected chi connectivity index (χ3v) is 4.60. The molecule has 2 aromatic heterocycles. The highest BCUT2D eigenvalue weighted by Crippen LogP contribution is 2.26. The average Bonchev–Trinajstić information content (AvgIpc) is 3.22. The van der Waals surface area contributed by atoms with Gasteiger partial charge in [0.05, 0.1) is 10.6 Å². The highest BCUT2D eigenvalue weighted by atomic mass is 32.1. The number of nitrogens with zero attached hydrogens (tertiary/aromatic N) is 4. The fourth-order valence-electron chi connectivity index (χ4n) is 2.46. The van der Waals surface area contributed by atoms with Crippen molar-refractivity contribution in [2.75, 3.05) is 5.32 Å². The Morgan fingerprint density at radius 1 is 1.15 bits per heavy atom. The van der Waals surface area contributed by atoms with Gasteiger partial charge in [0.15, 0.2) is 0 Å². The molecule has 0 bridgehead atoms. The average molecular weight is 383 g/mol. The summed E-state index contributed by atoms with van der Waals surface area (Å²) >= 11 is 1.33. The van der Waals surface area contributed by atoms with Gasteiger partial charge in [-0.15, -0.1) is 16.4 Å². The molecule has 0 aliphatic heterocycles. The summed E-state index contributed by atoms with van der Waals surface area (Å²) in [6.07, 6.45) is 0. The molecule has 0 fully saturated rings. The molecule has 0 aliphatic rings. The molecule has 2 aromatic carbocycles. The number of aromatic nitrogens is 3. The molecule has 0 unspecified atom stereocenters. The first-order valence-corrected chi connectivity index (χ1v) is 8.55. The zero-order valence-corrected chi connectivity index (χ0v) is 14.3. The Kier molecular flexibility index (Phi) is 4.09. The van der Waals surface area contributed by atoms with Crippen molar-refractivity contribution in [1.82, 2.24) is 14.6 Å². The van der Waals surface area contributed by atoms with E-state index in [9.17, 15) is 19.3 Å². The number of nitrogens with one attached hydrogen (secondary N) is 1. The Hall–Kier alpha value is -3.66. The number of thiazole rings is 1. The van der Waals surface area contributed by atoms with Crippen LogP contribution in [0.25, 0.3) is 16.2 Å². The number of hydrogen-bond donors (Lipinski definition) is 1. The fourth-order valence-corrected chi connectivity index (χ4v) is 3.29. The number of non-ortho nitro benzene ring substituents is 1. The first-order valence-electron chi connectivity index (χ1n) is 7.67. The summed E-state index contributed by atoms with van der Waals surface area (Å²) in [5.41, 5.74) is 1.63. The van der Waals surface area contributed by atoms with Gasteiger partial charge < -0.3 is 0 Å². The number of amides is 1. The lowest BCUT2D eigenvalue weighted by atomic mass is 10.2. The van der Waals surface area contributed by atoms with Gasteiger partial charge in [-0.2, -0.15) is 4.98 Å². The van der Waals surface area contributed by atoms with Crippen LogP contribution in [-0.4, -0.2) is 25.4 Å². The topological polar surface area (TPSA) is 102 Å². The molecule has 4 aromatic rings. The van der Waals surface area contributed by atoms with E-state index in [1.807, 2.05) is 5.38 Å². The molecule has 27 heavy (non-hydrogen) atoms. The van der Waals surface area contributed by atoms with Crippen LogP contribution >= 0.6 is 11.3 Å². The maximum Gasteiger partial charge on any atom is 0.269 e. The third kappa shape index (κ3) is 3.25. The molecular formula is C17H10FN5O3S. The number of halogens is 1. The van der Waals surface area contributed by atoms with E-state index in [-0.39, 0.29) is 23.0 Å². The summed E-state index contributed by atoms with van der Waals surface area (Å²) in [4.78, 5) is 27.2. The van der Waals surface area contributed by atoms with Crippen LogP contribution in [0.2, 0.25) is 0 Å². The quantitative estimate of drug-likeness (QED) is 0.427. The number of nitro benzene ring substituents is 1. The van der Waals surface area contributed by atoms with Crippen LogP contribution in [0.5, 0.6) is 0 Å². The molecule has 4 rings (SSSR count). The minimum absolute atomic E-state index is 0.101. The van der Waals surface area contributed by atoms with Crippen LogP contribution in [0.15, 0.2) is 53.9 Å². The summed E-state index contributed by atoms with van der Waals surface area (Å²) in [5.74, 6) is -0.708. The van der Waals surface area contributed by atoms with Gasteiger partial charge in [0.25, 0.3) is 17.5 Å². The molecule has 0 radical (unpaired) electrons. The number of fused-ring (bicyclic) bond motifs is 1. The zero-order valence-electron chi connectivity index (χ0n) is 13.5. The Morgan fingerprint density at radius 2 is 1.85 bits per heavy atom. The van der Waals surface area contributed by atoms with Crippen LogP contribution < -0.4 is 5.32 Å². The van der Waals surface area contributed by atoms with E-state index in [1.165, 1.54) is 47.7 Å². The van der Waals surface area contributed by atoms with Gasteiger partial charge in [-0.3, -0.25) is 20.2 Å². The van der Waals surface area contributed by atoms with E-state index in [2.05, 4.69) is 15.4 Å². The SMILES string of the molecule is O=C(Nc1nc2scc(-c3ccc(F)cc3)n2n1)c1ccc([N+](=O)[O-])cc1. The lowest BCUT2D eigenvalue weighted by Crippen LogP contribution is -2.13. The van der Waals surface area contributed by atoms with Crippen LogP contribution in [0, 0.1) is 15.9 Å². The number of rotatable bonds is 4. The smallest absolute Gasteiger partial charge is 0.269 e. The van der Waals surface area contributed by atoms with Crippen molar-refractivity contribution in [2.45, 2.75) is 0 Å². The number of carbonyl (C=O) groups is 1. The second-order valence-electron chi connectivity index (χ2n) is 5.52. The first kappa shape index (κ1) is 16.8. The Labute approximate surface area is 155 Å². The molecule has 0 spiro atoms. The Bertz CT molecular complexity index is 1150. The van der Waals surface area contributed by atoms with Gasteiger partial charge >= 0.3 is 0 Å². The fraction of sp³-hybridized carbons (Fsp3) is 0. The minimum atomic E-state index is -0.538. The maximum absolute atomic E-state index is 13.1. The second kappa shape index (κ2) is 6.57. The number of hydrogen-bond acceptors (Lipinski definition) is 6. The molecule has 1 amide bonds. The van der Waals surface area contributed by atoms with Crippen molar-refractivity contribution >= 4 is 33.8 Å². The van der Waals surface area contributed by atoms with Crippen molar-refractivity contribution in [3.8, 4) is 11.3 Å². The number of benzene rings is 2. The summed E-state index contributed by atoms with van der Waals surface area (Å²) < 4.78 is 14.7. The van der Waals surface area contributed by atoms with Gasteiger partial charge in [-0.1, -0.05) is 0 Å². The number of nitro groups is 1. The summed E-state index contributed by atoms with van der Waals surface area (Å²) in [6.45, 7) is 0. The van der Waals surface area contributed by atoms with Crippen LogP contribution in [0.4, 0.5) is 16.0 Å². The molecule has 10 heteroatoms. The van der Waals surface area contributed by atoms with Crippen molar-refractivity contribution in [3.05, 3.63) is 75.4 Å².